The Hall–Kier alpha value is -3.01. The van der Waals surface area contributed by atoms with Crippen LogP contribution in [-0.4, -0.2) is 62.6 Å². The molecular formula is C26H27N5O2S2. The number of carbonyl (C=O) groups is 1. The van der Waals surface area contributed by atoms with Gasteiger partial charge >= 0.3 is 0 Å². The maximum atomic E-state index is 13.7. The number of nitrogens with zero attached hydrogens (tertiary/aromatic N) is 5. The summed E-state index contributed by atoms with van der Waals surface area (Å²) in [6.07, 6.45) is 3.48. The molecule has 0 bridgehead atoms. The Morgan fingerprint density at radius 2 is 1.77 bits per heavy atom. The lowest BCUT2D eigenvalue weighted by Gasteiger charge is -2.34. The van der Waals surface area contributed by atoms with E-state index in [1.807, 2.05) is 56.3 Å². The van der Waals surface area contributed by atoms with Crippen LogP contribution in [0.2, 0.25) is 0 Å². The van der Waals surface area contributed by atoms with Crippen molar-refractivity contribution in [1.29, 1.82) is 0 Å². The largest absolute Gasteiger partial charge is 0.353 e. The molecule has 0 saturated carbocycles. The van der Waals surface area contributed by atoms with E-state index in [2.05, 4.69) is 16.8 Å². The molecule has 1 unspecified atom stereocenters. The molecule has 3 aromatic rings. The van der Waals surface area contributed by atoms with Crippen molar-refractivity contribution in [1.82, 2.24) is 19.2 Å². The number of benzene rings is 1. The summed E-state index contributed by atoms with van der Waals surface area (Å²) in [7, 11) is 2.09. The van der Waals surface area contributed by atoms with Crippen molar-refractivity contribution in [2.24, 2.45) is 0 Å². The third-order valence-electron chi connectivity index (χ3n) is 6.56. The van der Waals surface area contributed by atoms with Gasteiger partial charge in [0, 0.05) is 32.4 Å². The van der Waals surface area contributed by atoms with Crippen LogP contribution in [0.15, 0.2) is 58.4 Å². The third kappa shape index (κ3) is 4.51. The van der Waals surface area contributed by atoms with Gasteiger partial charge in [-0.1, -0.05) is 60.4 Å². The summed E-state index contributed by atoms with van der Waals surface area (Å²) in [5, 5.41) is 0. The molecule has 1 aromatic carbocycles. The molecule has 2 aliphatic rings. The molecule has 2 aromatic heterocycles. The summed E-state index contributed by atoms with van der Waals surface area (Å²) in [5.74, 6) is 0.433. The van der Waals surface area contributed by atoms with Crippen LogP contribution >= 0.6 is 24.0 Å². The number of piperazine rings is 1. The minimum Gasteiger partial charge on any atom is -0.353 e. The molecule has 5 rings (SSSR count). The van der Waals surface area contributed by atoms with E-state index in [9.17, 15) is 9.59 Å². The van der Waals surface area contributed by atoms with Gasteiger partial charge in [-0.25, -0.2) is 4.98 Å². The molecule has 7 nitrogen and oxygen atoms in total. The van der Waals surface area contributed by atoms with E-state index in [4.69, 9.17) is 17.2 Å². The van der Waals surface area contributed by atoms with E-state index in [-0.39, 0.29) is 17.5 Å². The maximum Gasteiger partial charge on any atom is 0.267 e. The van der Waals surface area contributed by atoms with Crippen molar-refractivity contribution >= 4 is 51.7 Å². The molecule has 4 heterocycles. The average Bonchev–Trinajstić information content (AvgIpc) is 3.14. The lowest BCUT2D eigenvalue weighted by molar-refractivity contribution is -0.123. The quantitative estimate of drug-likeness (QED) is 0.396. The minimum absolute atomic E-state index is 0.186. The number of thioether (sulfide) groups is 1. The monoisotopic (exact) mass is 505 g/mol. The van der Waals surface area contributed by atoms with Crippen molar-refractivity contribution in [3.05, 3.63) is 80.6 Å². The number of fused-ring (bicyclic) bond motifs is 1. The van der Waals surface area contributed by atoms with Gasteiger partial charge in [-0.3, -0.25) is 18.9 Å². The normalized spacial score (nSPS) is 19.2. The lowest BCUT2D eigenvalue weighted by Crippen LogP contribution is -2.45. The number of aromatic nitrogens is 2. The Kier molecular flexibility index (Phi) is 6.48. The van der Waals surface area contributed by atoms with Crippen molar-refractivity contribution in [2.75, 3.05) is 38.1 Å². The van der Waals surface area contributed by atoms with E-state index >= 15 is 0 Å². The predicted octanol–water partition coefficient (Wildman–Crippen LogP) is 3.72. The fraction of sp³-hybridized carbons (Fsp3) is 0.308. The van der Waals surface area contributed by atoms with Gasteiger partial charge in [-0.15, -0.1) is 0 Å². The number of rotatable bonds is 4. The number of likely N-dealkylation sites (N-methyl/N-ethyl adjacent to an activating group) is 1. The van der Waals surface area contributed by atoms with Crippen molar-refractivity contribution < 1.29 is 4.79 Å². The highest BCUT2D eigenvalue weighted by atomic mass is 32.2. The van der Waals surface area contributed by atoms with E-state index < -0.39 is 0 Å². The van der Waals surface area contributed by atoms with E-state index in [0.717, 1.165) is 37.3 Å². The number of anilines is 1. The van der Waals surface area contributed by atoms with Crippen LogP contribution in [0.4, 0.5) is 5.82 Å². The van der Waals surface area contributed by atoms with Crippen LogP contribution in [0.1, 0.15) is 29.7 Å². The van der Waals surface area contributed by atoms with Gasteiger partial charge in [0.2, 0.25) is 0 Å². The van der Waals surface area contributed by atoms with Gasteiger partial charge in [-0.05, 0) is 44.2 Å². The Balaban J connectivity index is 1.59. The molecule has 0 N–H and O–H groups in total. The number of carbonyl (C=O) groups excluding carboxylic acids is 1. The number of amides is 1. The van der Waals surface area contributed by atoms with E-state index in [1.165, 1.54) is 11.8 Å². The van der Waals surface area contributed by atoms with E-state index in [1.54, 1.807) is 21.6 Å². The molecular weight excluding hydrogens is 478 g/mol. The molecule has 0 aliphatic carbocycles. The summed E-state index contributed by atoms with van der Waals surface area (Å²) in [6, 6.07) is 13.4. The molecule has 0 spiro atoms. The first-order valence-electron chi connectivity index (χ1n) is 11.6. The van der Waals surface area contributed by atoms with Crippen molar-refractivity contribution in [2.45, 2.75) is 19.9 Å². The second kappa shape index (κ2) is 9.56. The zero-order valence-corrected chi connectivity index (χ0v) is 21.6. The Morgan fingerprint density at radius 1 is 1.06 bits per heavy atom. The van der Waals surface area contributed by atoms with Crippen LogP contribution in [-0.2, 0) is 4.79 Å². The van der Waals surface area contributed by atoms with Crippen LogP contribution in [0, 0.1) is 6.92 Å². The second-order valence-corrected chi connectivity index (χ2v) is 10.7. The number of pyridine rings is 1. The summed E-state index contributed by atoms with van der Waals surface area (Å²) in [5.41, 5.74) is 2.80. The highest BCUT2D eigenvalue weighted by Crippen LogP contribution is 2.38. The van der Waals surface area contributed by atoms with Gasteiger partial charge in [0.25, 0.3) is 11.5 Å². The Labute approximate surface area is 214 Å². The number of thiocarbonyl (C=S) groups is 1. The first-order valence-corrected chi connectivity index (χ1v) is 12.8. The molecule has 1 atom stereocenters. The predicted molar refractivity (Wildman–Crippen MR) is 146 cm³/mol. The zero-order valence-electron chi connectivity index (χ0n) is 20.0. The molecule has 9 heteroatoms. The SMILES string of the molecule is Cc1ccc2nc(N3CCN(C)CC3)c(/C=C3\SC(=S)N(C(C)c4ccccc4)C3=O)c(=O)n2c1. The maximum absolute atomic E-state index is 13.7. The Morgan fingerprint density at radius 3 is 2.49 bits per heavy atom. The third-order valence-corrected chi connectivity index (χ3v) is 7.89. The van der Waals surface area contributed by atoms with Gasteiger partial charge in [0.15, 0.2) is 0 Å². The lowest BCUT2D eigenvalue weighted by atomic mass is 10.1. The zero-order chi connectivity index (χ0) is 24.7. The van der Waals surface area contributed by atoms with Crippen molar-refractivity contribution in [3.63, 3.8) is 0 Å². The fourth-order valence-electron chi connectivity index (χ4n) is 4.46. The topological polar surface area (TPSA) is 61.2 Å². The Bertz CT molecular complexity index is 1390. The van der Waals surface area contributed by atoms with Crippen LogP contribution in [0.5, 0.6) is 0 Å². The van der Waals surface area contributed by atoms with Gasteiger partial charge in [0.1, 0.15) is 15.8 Å². The highest BCUT2D eigenvalue weighted by Gasteiger charge is 2.36. The van der Waals surface area contributed by atoms with Gasteiger partial charge < -0.3 is 9.80 Å². The van der Waals surface area contributed by atoms with Crippen LogP contribution in [0.25, 0.3) is 11.7 Å². The van der Waals surface area contributed by atoms with Crippen molar-refractivity contribution in [3.8, 4) is 0 Å². The molecule has 35 heavy (non-hydrogen) atoms. The molecule has 180 valence electrons. The molecule has 0 radical (unpaired) electrons. The summed E-state index contributed by atoms with van der Waals surface area (Å²) in [4.78, 5) is 38.5. The number of hydrogen-bond donors (Lipinski definition) is 0. The standard InChI is InChI=1S/C26H27N5O2S2/c1-17-9-10-22-27-23(29-13-11-28(3)12-14-29)20(24(32)30(22)16-17)15-21-25(33)31(26(34)35-21)18(2)19-7-5-4-6-8-19/h4-10,15-16,18H,11-14H2,1-3H3/b21-15-. The minimum atomic E-state index is -0.204. The fourth-order valence-corrected chi connectivity index (χ4v) is 5.86. The number of aryl methyl sites for hydroxylation is 1. The molecule has 1 amide bonds. The average molecular weight is 506 g/mol. The second-order valence-electron chi connectivity index (χ2n) is 9.02. The highest BCUT2D eigenvalue weighted by molar-refractivity contribution is 8.26. The van der Waals surface area contributed by atoms with Gasteiger partial charge in [0.05, 0.1) is 16.5 Å². The molecule has 2 saturated heterocycles. The summed E-state index contributed by atoms with van der Waals surface area (Å²) >= 11 is 6.84. The van der Waals surface area contributed by atoms with Crippen LogP contribution in [0.3, 0.4) is 0 Å². The first kappa shape index (κ1) is 23.7. The number of hydrogen-bond acceptors (Lipinski definition) is 7. The smallest absolute Gasteiger partial charge is 0.267 e. The van der Waals surface area contributed by atoms with E-state index in [0.29, 0.717) is 26.3 Å². The van der Waals surface area contributed by atoms with Gasteiger partial charge in [-0.2, -0.15) is 0 Å². The summed E-state index contributed by atoms with van der Waals surface area (Å²) in [6.45, 7) is 7.19. The molecule has 2 aliphatic heterocycles. The molecule has 2 fully saturated rings. The van der Waals surface area contributed by atoms with Crippen LogP contribution < -0.4 is 10.5 Å². The first-order chi connectivity index (χ1) is 16.8. The summed E-state index contributed by atoms with van der Waals surface area (Å²) < 4.78 is 2.05.